The third-order valence-corrected chi connectivity index (χ3v) is 7.56. The lowest BCUT2D eigenvalue weighted by atomic mass is 9.88. The van der Waals surface area contributed by atoms with Crippen LogP contribution in [0.5, 0.6) is 0 Å². The molecule has 2 fully saturated rings. The highest BCUT2D eigenvalue weighted by Gasteiger charge is 2.29. The zero-order valence-electron chi connectivity index (χ0n) is 21.3. The van der Waals surface area contributed by atoms with Crippen LogP contribution < -0.4 is 22.9 Å². The highest BCUT2D eigenvalue weighted by molar-refractivity contribution is 5.77. The smallest absolute Gasteiger partial charge is 0.354 e. The van der Waals surface area contributed by atoms with Crippen LogP contribution in [0.1, 0.15) is 49.0 Å². The second-order valence-electron chi connectivity index (χ2n) is 10.1. The van der Waals surface area contributed by atoms with Gasteiger partial charge in [0.05, 0.1) is 17.9 Å². The Bertz CT molecular complexity index is 1400. The summed E-state index contributed by atoms with van der Waals surface area (Å²) < 4.78 is 7.94. The lowest BCUT2D eigenvalue weighted by Gasteiger charge is -2.34. The monoisotopic (exact) mass is 517 g/mol. The number of aromatic nitrogens is 3. The Morgan fingerprint density at radius 3 is 2.74 bits per heavy atom. The van der Waals surface area contributed by atoms with Crippen molar-refractivity contribution in [3.63, 3.8) is 0 Å². The zero-order chi connectivity index (χ0) is 26.8. The molecule has 4 atom stereocenters. The molecular formula is C27H35N9O2. The molecule has 2 aliphatic heterocycles. The third kappa shape index (κ3) is 5.42. The molecule has 0 aliphatic carbocycles. The van der Waals surface area contributed by atoms with Crippen molar-refractivity contribution in [3.8, 4) is 5.69 Å². The second kappa shape index (κ2) is 10.7. The first-order valence-corrected chi connectivity index (χ1v) is 13.0. The quantitative estimate of drug-likeness (QED) is 0.181. The molecule has 200 valence electrons. The molecule has 5 rings (SSSR count). The van der Waals surface area contributed by atoms with Crippen molar-refractivity contribution < 1.29 is 4.74 Å². The van der Waals surface area contributed by atoms with E-state index in [0.29, 0.717) is 24.7 Å². The van der Waals surface area contributed by atoms with Gasteiger partial charge in [-0.2, -0.15) is 4.98 Å². The number of H-pyrrole nitrogens is 1. The number of hydrogen-bond acceptors (Lipinski definition) is 5. The molecule has 1 aromatic carbocycles. The zero-order valence-corrected chi connectivity index (χ0v) is 21.3. The molecule has 38 heavy (non-hydrogen) atoms. The highest BCUT2D eigenvalue weighted by atomic mass is 16.5. The number of fused-ring (bicyclic) bond motifs is 1. The minimum absolute atomic E-state index is 0.0407. The van der Waals surface area contributed by atoms with E-state index in [1.165, 1.54) is 0 Å². The van der Waals surface area contributed by atoms with Gasteiger partial charge in [0, 0.05) is 42.8 Å². The van der Waals surface area contributed by atoms with Gasteiger partial charge in [0.2, 0.25) is 0 Å². The predicted molar refractivity (Wildman–Crippen MR) is 148 cm³/mol. The molecule has 3 aromatic rings. The summed E-state index contributed by atoms with van der Waals surface area (Å²) in [5, 5.41) is 8.52. The van der Waals surface area contributed by atoms with Gasteiger partial charge in [0.15, 0.2) is 11.9 Å². The SMILES string of the molecule is C=C[C@H]1C[C@@H](CCN=C(N)N)O[C@H](c2ccc(-n3cc4cc([C@@H]5CCN(C(=N)N)C5)[nH]c4nc3=O)cc2)C1. The molecule has 11 nitrogen and oxygen atoms in total. The fourth-order valence-electron chi connectivity index (χ4n) is 5.49. The number of ether oxygens (including phenoxy) is 1. The average Bonchev–Trinajstić information content (AvgIpc) is 3.55. The van der Waals surface area contributed by atoms with Crippen LogP contribution in [0.2, 0.25) is 0 Å². The molecule has 11 heteroatoms. The van der Waals surface area contributed by atoms with Crippen LogP contribution in [-0.4, -0.2) is 57.1 Å². The maximum Gasteiger partial charge on any atom is 0.354 e. The highest BCUT2D eigenvalue weighted by Crippen LogP contribution is 2.37. The van der Waals surface area contributed by atoms with Crippen LogP contribution in [0.4, 0.5) is 0 Å². The first kappa shape index (κ1) is 25.5. The van der Waals surface area contributed by atoms with Gasteiger partial charge in [-0.05, 0) is 55.4 Å². The predicted octanol–water partition coefficient (Wildman–Crippen LogP) is 2.08. The van der Waals surface area contributed by atoms with Crippen molar-refractivity contribution in [2.45, 2.75) is 43.8 Å². The number of aliphatic imine (C=N–C) groups is 1. The Labute approximate surface area is 220 Å². The maximum absolute atomic E-state index is 12.9. The number of benzene rings is 1. The van der Waals surface area contributed by atoms with Crippen molar-refractivity contribution in [2.75, 3.05) is 19.6 Å². The van der Waals surface area contributed by atoms with E-state index >= 15 is 0 Å². The van der Waals surface area contributed by atoms with Gasteiger partial charge in [-0.1, -0.05) is 18.2 Å². The summed E-state index contributed by atoms with van der Waals surface area (Å²) in [4.78, 5) is 26.4. The Hall–Kier alpha value is -4.12. The van der Waals surface area contributed by atoms with E-state index < -0.39 is 0 Å². The van der Waals surface area contributed by atoms with Crippen molar-refractivity contribution in [1.82, 2.24) is 19.4 Å². The molecule has 0 unspecified atom stereocenters. The van der Waals surface area contributed by atoms with E-state index in [1.807, 2.05) is 47.5 Å². The Kier molecular flexibility index (Phi) is 7.19. The topological polar surface area (TPSA) is 177 Å². The second-order valence-corrected chi connectivity index (χ2v) is 10.1. The number of nitrogens with zero attached hydrogens (tertiary/aromatic N) is 4. The summed E-state index contributed by atoms with van der Waals surface area (Å²) in [5.41, 5.74) is 19.6. The summed E-state index contributed by atoms with van der Waals surface area (Å²) >= 11 is 0. The number of allylic oxidation sites excluding steroid dienone is 1. The third-order valence-electron chi connectivity index (χ3n) is 7.56. The molecule has 8 N–H and O–H groups in total. The number of guanidine groups is 2. The fraction of sp³-hybridized carbons (Fsp3) is 0.407. The van der Waals surface area contributed by atoms with Gasteiger partial charge in [0.1, 0.15) is 5.65 Å². The molecule has 2 aliphatic rings. The molecule has 0 spiro atoms. The van der Waals surface area contributed by atoms with E-state index in [0.717, 1.165) is 54.6 Å². The van der Waals surface area contributed by atoms with Gasteiger partial charge >= 0.3 is 5.69 Å². The van der Waals surface area contributed by atoms with Crippen LogP contribution in [0.3, 0.4) is 0 Å². The van der Waals surface area contributed by atoms with Crippen LogP contribution >= 0.6 is 0 Å². The van der Waals surface area contributed by atoms with E-state index in [1.54, 1.807) is 4.57 Å². The van der Waals surface area contributed by atoms with Gasteiger partial charge in [-0.3, -0.25) is 15.0 Å². The number of likely N-dealkylation sites (tertiary alicyclic amines) is 1. The molecule has 4 heterocycles. The van der Waals surface area contributed by atoms with Gasteiger partial charge in [-0.15, -0.1) is 6.58 Å². The molecular weight excluding hydrogens is 482 g/mol. The van der Waals surface area contributed by atoms with Crippen LogP contribution in [0.15, 0.2) is 59.0 Å². The standard InChI is InChI=1S/C27H35N9O2/c1-2-16-11-21(7-9-32-25(28)29)38-23(12-16)17-3-5-20(6-4-17)36-15-19-13-22(33-24(19)34-27(36)37)18-8-10-35(14-18)26(30)31/h2-6,13,15-16,18,21,23H,1,7-12,14H2,(H3,30,31)(H4,28,29,32)(H,33,34,37)/t16-,18+,21+,23-/m0/s1. The summed E-state index contributed by atoms with van der Waals surface area (Å²) in [6.45, 7) is 5.95. The Balaban J connectivity index is 1.33. The van der Waals surface area contributed by atoms with E-state index in [2.05, 4.69) is 21.5 Å². The largest absolute Gasteiger partial charge is 0.370 e. The Morgan fingerprint density at radius 2 is 2.05 bits per heavy atom. The summed E-state index contributed by atoms with van der Waals surface area (Å²) in [7, 11) is 0. The maximum atomic E-state index is 12.9. The molecule has 0 radical (unpaired) electrons. The lowest BCUT2D eigenvalue weighted by molar-refractivity contribution is -0.0670. The minimum atomic E-state index is -0.351. The van der Waals surface area contributed by atoms with Gasteiger partial charge in [0.25, 0.3) is 0 Å². The number of rotatable bonds is 7. The lowest BCUT2D eigenvalue weighted by Crippen LogP contribution is -2.34. The fourth-order valence-corrected chi connectivity index (χ4v) is 5.49. The van der Waals surface area contributed by atoms with Crippen LogP contribution in [0.25, 0.3) is 16.7 Å². The minimum Gasteiger partial charge on any atom is -0.370 e. The van der Waals surface area contributed by atoms with Crippen molar-refractivity contribution >= 4 is 23.0 Å². The van der Waals surface area contributed by atoms with E-state index in [4.69, 9.17) is 27.3 Å². The molecule has 2 aromatic heterocycles. The number of aromatic amines is 1. The number of hydrogen-bond donors (Lipinski definition) is 5. The summed E-state index contributed by atoms with van der Waals surface area (Å²) in [6, 6.07) is 9.90. The average molecular weight is 518 g/mol. The molecule has 2 saturated heterocycles. The molecule has 0 bridgehead atoms. The van der Waals surface area contributed by atoms with Crippen LogP contribution in [0, 0.1) is 11.3 Å². The first-order chi connectivity index (χ1) is 18.3. The Morgan fingerprint density at radius 1 is 1.26 bits per heavy atom. The number of nitrogens with one attached hydrogen (secondary N) is 2. The number of nitrogens with two attached hydrogens (primary N) is 3. The van der Waals surface area contributed by atoms with Crippen molar-refractivity contribution in [2.24, 2.45) is 28.1 Å². The first-order valence-electron chi connectivity index (χ1n) is 13.0. The van der Waals surface area contributed by atoms with Crippen molar-refractivity contribution in [3.05, 3.63) is 70.9 Å². The van der Waals surface area contributed by atoms with E-state index in [9.17, 15) is 4.79 Å². The molecule has 0 saturated carbocycles. The normalized spacial score (nSPS) is 23.4. The van der Waals surface area contributed by atoms with Crippen molar-refractivity contribution in [1.29, 1.82) is 5.41 Å². The van der Waals surface area contributed by atoms with Gasteiger partial charge < -0.3 is 31.8 Å². The molecule has 0 amide bonds. The van der Waals surface area contributed by atoms with E-state index in [-0.39, 0.29) is 35.7 Å². The summed E-state index contributed by atoms with van der Waals surface area (Å²) in [6.07, 6.45) is 7.16. The summed E-state index contributed by atoms with van der Waals surface area (Å²) in [5.74, 6) is 0.737. The van der Waals surface area contributed by atoms with Gasteiger partial charge in [-0.25, -0.2) is 4.79 Å². The van der Waals surface area contributed by atoms with Crippen LogP contribution in [-0.2, 0) is 4.74 Å².